The summed E-state index contributed by atoms with van der Waals surface area (Å²) < 4.78 is 0. The molecule has 0 fully saturated rings. The maximum Gasteiger partial charge on any atom is 0.276 e. The fraction of sp³-hybridized carbons (Fsp3) is 0. The number of carbonyl (C=O) groups excluding carboxylic acids is 1. The quantitative estimate of drug-likeness (QED) is 0.600. The number of anilines is 1. The first-order valence-electron chi connectivity index (χ1n) is 7.05. The van der Waals surface area contributed by atoms with Crippen molar-refractivity contribution in [1.29, 1.82) is 0 Å². The summed E-state index contributed by atoms with van der Waals surface area (Å²) in [4.78, 5) is 17.7. The van der Waals surface area contributed by atoms with E-state index in [1.165, 1.54) is 0 Å². The summed E-state index contributed by atoms with van der Waals surface area (Å²) in [5, 5.41) is 12.8. The number of hydrogen-bond donors (Lipinski definition) is 2. The van der Waals surface area contributed by atoms with Crippen LogP contribution in [0.25, 0.3) is 21.5 Å². The molecular formula is C17H12N4OS. The molecule has 2 N–H and O–H groups in total. The van der Waals surface area contributed by atoms with Gasteiger partial charge in [-0.2, -0.15) is 5.10 Å². The van der Waals surface area contributed by atoms with Crippen molar-refractivity contribution in [2.45, 2.75) is 0 Å². The van der Waals surface area contributed by atoms with Crippen molar-refractivity contribution in [3.63, 3.8) is 0 Å². The van der Waals surface area contributed by atoms with Gasteiger partial charge in [0.2, 0.25) is 0 Å². The summed E-state index contributed by atoms with van der Waals surface area (Å²) in [7, 11) is 0. The molecule has 0 saturated carbocycles. The van der Waals surface area contributed by atoms with Crippen LogP contribution in [0.2, 0.25) is 0 Å². The van der Waals surface area contributed by atoms with Gasteiger partial charge < -0.3 is 5.32 Å². The first-order valence-corrected chi connectivity index (χ1v) is 7.93. The summed E-state index contributed by atoms with van der Waals surface area (Å²) in [5.41, 5.74) is 2.72. The standard InChI is InChI=1S/C17H12N4OS/c22-17(15-9-14(20-21-15)16-6-3-7-23-16)19-12-8-11-4-1-2-5-13(11)18-10-12/h1-10H,(H,19,22)(H,20,21). The van der Waals surface area contributed by atoms with Crippen molar-refractivity contribution in [2.24, 2.45) is 0 Å². The second-order valence-corrected chi connectivity index (χ2v) is 5.96. The number of rotatable bonds is 3. The fourth-order valence-electron chi connectivity index (χ4n) is 2.33. The van der Waals surface area contributed by atoms with Crippen LogP contribution in [0.1, 0.15) is 10.5 Å². The van der Waals surface area contributed by atoms with E-state index >= 15 is 0 Å². The minimum Gasteiger partial charge on any atom is -0.319 e. The lowest BCUT2D eigenvalue weighted by molar-refractivity contribution is 0.102. The van der Waals surface area contributed by atoms with Crippen LogP contribution in [0.15, 0.2) is 60.1 Å². The van der Waals surface area contributed by atoms with Gasteiger partial charge in [0.25, 0.3) is 5.91 Å². The lowest BCUT2D eigenvalue weighted by Crippen LogP contribution is -2.12. The van der Waals surface area contributed by atoms with Crippen molar-refractivity contribution in [2.75, 3.05) is 5.32 Å². The second kappa shape index (κ2) is 5.66. The monoisotopic (exact) mass is 320 g/mol. The molecule has 3 heterocycles. The molecule has 0 spiro atoms. The van der Waals surface area contributed by atoms with Gasteiger partial charge in [-0.05, 0) is 29.6 Å². The minimum atomic E-state index is -0.263. The lowest BCUT2D eigenvalue weighted by Gasteiger charge is -2.04. The number of amides is 1. The Labute approximate surface area is 136 Å². The van der Waals surface area contributed by atoms with Crippen LogP contribution in [-0.2, 0) is 0 Å². The maximum absolute atomic E-state index is 12.3. The number of benzene rings is 1. The molecule has 3 aromatic heterocycles. The highest BCUT2D eigenvalue weighted by Crippen LogP contribution is 2.23. The van der Waals surface area contributed by atoms with Gasteiger partial charge in [0.1, 0.15) is 0 Å². The molecule has 0 aliphatic carbocycles. The zero-order chi connectivity index (χ0) is 15.6. The van der Waals surface area contributed by atoms with Gasteiger partial charge in [0.05, 0.1) is 28.0 Å². The van der Waals surface area contributed by atoms with Crippen LogP contribution >= 0.6 is 11.3 Å². The summed E-state index contributed by atoms with van der Waals surface area (Å²) in [6.45, 7) is 0. The largest absolute Gasteiger partial charge is 0.319 e. The molecule has 0 bridgehead atoms. The lowest BCUT2D eigenvalue weighted by atomic mass is 10.2. The SMILES string of the molecule is O=C(Nc1cnc2ccccc2c1)c1cc(-c2cccs2)[nH]n1. The topological polar surface area (TPSA) is 70.7 Å². The van der Waals surface area contributed by atoms with E-state index in [0.29, 0.717) is 11.4 Å². The number of pyridine rings is 1. The number of fused-ring (bicyclic) bond motifs is 1. The molecule has 1 aromatic carbocycles. The maximum atomic E-state index is 12.3. The third-order valence-corrected chi connectivity index (χ3v) is 4.35. The molecular weight excluding hydrogens is 308 g/mol. The van der Waals surface area contributed by atoms with Crippen molar-refractivity contribution in [3.05, 3.63) is 65.8 Å². The normalized spacial score (nSPS) is 10.8. The second-order valence-electron chi connectivity index (χ2n) is 5.01. The molecule has 4 aromatic rings. The highest BCUT2D eigenvalue weighted by Gasteiger charge is 2.12. The number of H-pyrrole nitrogens is 1. The van der Waals surface area contributed by atoms with Crippen LogP contribution in [0.5, 0.6) is 0 Å². The van der Waals surface area contributed by atoms with Crippen LogP contribution in [0.3, 0.4) is 0 Å². The average Bonchev–Trinajstić information content (AvgIpc) is 3.26. The van der Waals surface area contributed by atoms with Crippen LogP contribution < -0.4 is 5.32 Å². The Morgan fingerprint density at radius 1 is 1.13 bits per heavy atom. The zero-order valence-electron chi connectivity index (χ0n) is 12.0. The van der Waals surface area contributed by atoms with Crippen molar-refractivity contribution in [1.82, 2.24) is 15.2 Å². The Morgan fingerprint density at radius 2 is 2.04 bits per heavy atom. The number of carbonyl (C=O) groups is 1. The molecule has 0 unspecified atom stereocenters. The van der Waals surface area contributed by atoms with Crippen molar-refractivity contribution in [3.8, 4) is 10.6 Å². The van der Waals surface area contributed by atoms with Gasteiger partial charge in [0, 0.05) is 5.39 Å². The Hall–Kier alpha value is -2.99. The number of aromatic nitrogens is 3. The third-order valence-electron chi connectivity index (χ3n) is 3.45. The summed E-state index contributed by atoms with van der Waals surface area (Å²) in [6.07, 6.45) is 1.65. The van der Waals surface area contributed by atoms with E-state index in [9.17, 15) is 4.79 Å². The number of hydrogen-bond acceptors (Lipinski definition) is 4. The number of thiophene rings is 1. The Morgan fingerprint density at radius 3 is 2.91 bits per heavy atom. The number of nitrogens with one attached hydrogen (secondary N) is 2. The van der Waals surface area contributed by atoms with Crippen molar-refractivity contribution >= 4 is 33.8 Å². The summed E-state index contributed by atoms with van der Waals surface area (Å²) in [6, 6.07) is 15.3. The third kappa shape index (κ3) is 2.72. The van der Waals surface area contributed by atoms with Gasteiger partial charge in [-0.25, -0.2) is 0 Å². The van der Waals surface area contributed by atoms with Crippen molar-refractivity contribution < 1.29 is 4.79 Å². The van der Waals surface area contributed by atoms with E-state index in [-0.39, 0.29) is 5.91 Å². The smallest absolute Gasteiger partial charge is 0.276 e. The van der Waals surface area contributed by atoms with E-state index in [1.807, 2.05) is 47.8 Å². The molecule has 6 heteroatoms. The van der Waals surface area contributed by atoms with Gasteiger partial charge >= 0.3 is 0 Å². The van der Waals surface area contributed by atoms with Gasteiger partial charge in [-0.3, -0.25) is 14.9 Å². The van der Waals surface area contributed by atoms with E-state index in [2.05, 4.69) is 20.5 Å². The summed E-state index contributed by atoms with van der Waals surface area (Å²) >= 11 is 1.59. The highest BCUT2D eigenvalue weighted by atomic mass is 32.1. The van der Waals surface area contributed by atoms with E-state index in [4.69, 9.17) is 0 Å². The van der Waals surface area contributed by atoms with Gasteiger partial charge in [-0.15, -0.1) is 11.3 Å². The molecule has 1 amide bonds. The predicted octanol–water partition coefficient (Wildman–Crippen LogP) is 3.94. The first-order chi connectivity index (χ1) is 11.3. The first kappa shape index (κ1) is 13.7. The average molecular weight is 320 g/mol. The minimum absolute atomic E-state index is 0.263. The molecule has 0 saturated heterocycles. The predicted molar refractivity (Wildman–Crippen MR) is 91.6 cm³/mol. The van der Waals surface area contributed by atoms with Gasteiger partial charge in [0.15, 0.2) is 5.69 Å². The number of nitrogens with zero attached hydrogens (tertiary/aromatic N) is 2. The molecule has 112 valence electrons. The highest BCUT2D eigenvalue weighted by molar-refractivity contribution is 7.13. The Balaban J connectivity index is 1.57. The Bertz CT molecular complexity index is 975. The van der Waals surface area contributed by atoms with Crippen LogP contribution in [0.4, 0.5) is 5.69 Å². The Kier molecular flexibility index (Phi) is 3.36. The van der Waals surface area contributed by atoms with Crippen LogP contribution in [-0.4, -0.2) is 21.1 Å². The van der Waals surface area contributed by atoms with E-state index < -0.39 is 0 Å². The molecule has 0 atom stereocenters. The zero-order valence-corrected chi connectivity index (χ0v) is 12.8. The van der Waals surface area contributed by atoms with Gasteiger partial charge in [-0.1, -0.05) is 24.3 Å². The number of para-hydroxylation sites is 1. The molecule has 0 radical (unpaired) electrons. The van der Waals surface area contributed by atoms with E-state index in [0.717, 1.165) is 21.5 Å². The molecule has 4 rings (SSSR count). The molecule has 5 nitrogen and oxygen atoms in total. The van der Waals surface area contributed by atoms with Crippen LogP contribution in [0, 0.1) is 0 Å². The number of aromatic amines is 1. The fourth-order valence-corrected chi connectivity index (χ4v) is 3.02. The molecule has 0 aliphatic rings. The molecule has 23 heavy (non-hydrogen) atoms. The van der Waals surface area contributed by atoms with E-state index in [1.54, 1.807) is 23.6 Å². The molecule has 0 aliphatic heterocycles. The summed E-state index contributed by atoms with van der Waals surface area (Å²) in [5.74, 6) is -0.263.